The van der Waals surface area contributed by atoms with Gasteiger partial charge in [0, 0.05) is 7.11 Å². The number of nitrogens with one attached hydrogen (secondary N) is 1. The van der Waals surface area contributed by atoms with Gasteiger partial charge in [-0.1, -0.05) is 12.1 Å². The van der Waals surface area contributed by atoms with Crippen molar-refractivity contribution in [1.29, 1.82) is 0 Å². The Bertz CT molecular complexity index is 626. The van der Waals surface area contributed by atoms with Crippen LogP contribution in [0.25, 0.3) is 0 Å². The van der Waals surface area contributed by atoms with E-state index in [1.807, 2.05) is 6.92 Å². The van der Waals surface area contributed by atoms with E-state index in [-0.39, 0.29) is 18.4 Å². The van der Waals surface area contributed by atoms with Crippen molar-refractivity contribution >= 4 is 12.2 Å². The number of hydrogen-bond acceptors (Lipinski definition) is 4. The number of aromatic nitrogens is 3. The summed E-state index contributed by atoms with van der Waals surface area (Å²) in [4.78, 5) is 0. The molecule has 0 radical (unpaired) electrons. The molecule has 20 heavy (non-hydrogen) atoms. The lowest BCUT2D eigenvalue weighted by molar-refractivity contribution is 0.157. The van der Waals surface area contributed by atoms with E-state index in [4.69, 9.17) is 21.7 Å². The third-order valence-electron chi connectivity index (χ3n) is 2.82. The van der Waals surface area contributed by atoms with Gasteiger partial charge in [0.05, 0.1) is 12.6 Å². The fourth-order valence-corrected chi connectivity index (χ4v) is 2.24. The molecular weight excluding hydrogens is 281 g/mol. The number of aromatic amines is 1. The summed E-state index contributed by atoms with van der Waals surface area (Å²) in [5.74, 6) is 0.383. The van der Waals surface area contributed by atoms with E-state index in [1.165, 1.54) is 6.07 Å². The van der Waals surface area contributed by atoms with Gasteiger partial charge >= 0.3 is 0 Å². The lowest BCUT2D eigenvalue weighted by atomic mass is 10.3. The Kier molecular flexibility index (Phi) is 4.86. The summed E-state index contributed by atoms with van der Waals surface area (Å²) in [5, 5.41) is 6.82. The Morgan fingerprint density at radius 2 is 2.20 bits per heavy atom. The standard InChI is InChI=1S/C13H16FN3O2S/c1-9(7-18-2)17-12(15-16-13(17)20)8-19-11-6-4-3-5-10(11)14/h3-6,9H,7-8H2,1-2H3,(H,16,20)/t9-/m1/s1. The average molecular weight is 297 g/mol. The molecule has 0 saturated heterocycles. The topological polar surface area (TPSA) is 52.1 Å². The SMILES string of the molecule is COC[C@@H](C)n1c(COc2ccccc2F)n[nH]c1=S. The predicted octanol–water partition coefficient (Wildman–Crippen LogP) is 2.87. The summed E-state index contributed by atoms with van der Waals surface area (Å²) in [7, 11) is 1.62. The molecule has 2 rings (SSSR count). The van der Waals surface area contributed by atoms with Gasteiger partial charge in [0.15, 0.2) is 22.2 Å². The second-order valence-electron chi connectivity index (χ2n) is 4.34. The van der Waals surface area contributed by atoms with Crippen LogP contribution in [0.5, 0.6) is 5.75 Å². The van der Waals surface area contributed by atoms with E-state index in [1.54, 1.807) is 29.9 Å². The van der Waals surface area contributed by atoms with E-state index in [0.29, 0.717) is 17.2 Å². The van der Waals surface area contributed by atoms with Crippen LogP contribution in [0.3, 0.4) is 0 Å². The van der Waals surface area contributed by atoms with Crippen LogP contribution in [0.1, 0.15) is 18.8 Å². The van der Waals surface area contributed by atoms with E-state index < -0.39 is 5.82 Å². The molecule has 1 N–H and O–H groups in total. The van der Waals surface area contributed by atoms with Crippen molar-refractivity contribution in [2.75, 3.05) is 13.7 Å². The van der Waals surface area contributed by atoms with Gasteiger partial charge in [-0.3, -0.25) is 9.67 Å². The van der Waals surface area contributed by atoms with E-state index in [0.717, 1.165) is 0 Å². The van der Waals surface area contributed by atoms with Crippen LogP contribution in [0.4, 0.5) is 4.39 Å². The molecule has 1 aromatic heterocycles. The van der Waals surface area contributed by atoms with Gasteiger partial charge < -0.3 is 9.47 Å². The number of methoxy groups -OCH3 is 1. The fourth-order valence-electron chi connectivity index (χ4n) is 1.91. The summed E-state index contributed by atoms with van der Waals surface area (Å²) < 4.78 is 26.3. The number of para-hydroxylation sites is 1. The number of halogens is 1. The van der Waals surface area contributed by atoms with Gasteiger partial charge in [0.25, 0.3) is 0 Å². The first-order valence-corrected chi connectivity index (χ1v) is 6.56. The van der Waals surface area contributed by atoms with E-state index in [2.05, 4.69) is 10.2 Å². The van der Waals surface area contributed by atoms with Crippen molar-refractivity contribution in [3.63, 3.8) is 0 Å². The Labute approximate surface area is 121 Å². The maximum atomic E-state index is 13.5. The van der Waals surface area contributed by atoms with Gasteiger partial charge in [0.2, 0.25) is 0 Å². The molecule has 0 aliphatic rings. The van der Waals surface area contributed by atoms with Crippen LogP contribution in [0, 0.1) is 10.6 Å². The third-order valence-corrected chi connectivity index (χ3v) is 3.11. The van der Waals surface area contributed by atoms with Gasteiger partial charge in [-0.15, -0.1) is 0 Å². The molecule has 1 heterocycles. The van der Waals surface area contributed by atoms with Crippen LogP contribution in [-0.4, -0.2) is 28.5 Å². The first-order chi connectivity index (χ1) is 9.63. The summed E-state index contributed by atoms with van der Waals surface area (Å²) in [6.07, 6.45) is 0. The Morgan fingerprint density at radius 3 is 2.90 bits per heavy atom. The number of hydrogen-bond donors (Lipinski definition) is 1. The number of nitrogens with zero attached hydrogens (tertiary/aromatic N) is 2. The fraction of sp³-hybridized carbons (Fsp3) is 0.385. The summed E-state index contributed by atoms with van der Waals surface area (Å²) in [6.45, 7) is 2.59. The molecule has 2 aromatic rings. The molecule has 0 bridgehead atoms. The minimum Gasteiger partial charge on any atom is -0.483 e. The first kappa shape index (κ1) is 14.7. The van der Waals surface area contributed by atoms with E-state index in [9.17, 15) is 4.39 Å². The highest BCUT2D eigenvalue weighted by Gasteiger charge is 2.14. The Balaban J connectivity index is 2.14. The van der Waals surface area contributed by atoms with Crippen molar-refractivity contribution in [2.24, 2.45) is 0 Å². The Morgan fingerprint density at radius 1 is 1.45 bits per heavy atom. The van der Waals surface area contributed by atoms with Gasteiger partial charge in [-0.2, -0.15) is 5.10 Å². The summed E-state index contributed by atoms with van der Waals surface area (Å²) in [5.41, 5.74) is 0. The highest BCUT2D eigenvalue weighted by molar-refractivity contribution is 7.71. The van der Waals surface area contributed by atoms with Crippen molar-refractivity contribution in [3.8, 4) is 5.75 Å². The van der Waals surface area contributed by atoms with Crippen molar-refractivity contribution in [2.45, 2.75) is 19.6 Å². The minimum atomic E-state index is -0.405. The number of ether oxygens (including phenoxy) is 2. The number of benzene rings is 1. The molecule has 0 unspecified atom stereocenters. The molecule has 7 heteroatoms. The lowest BCUT2D eigenvalue weighted by Crippen LogP contribution is -2.16. The average Bonchev–Trinajstić information content (AvgIpc) is 2.79. The second-order valence-corrected chi connectivity index (χ2v) is 4.73. The summed E-state index contributed by atoms with van der Waals surface area (Å²) in [6, 6.07) is 6.26. The van der Waals surface area contributed by atoms with Crippen LogP contribution in [0.15, 0.2) is 24.3 Å². The smallest absolute Gasteiger partial charge is 0.195 e. The maximum absolute atomic E-state index is 13.5. The zero-order chi connectivity index (χ0) is 14.5. The quantitative estimate of drug-likeness (QED) is 0.833. The molecule has 108 valence electrons. The lowest BCUT2D eigenvalue weighted by Gasteiger charge is -2.15. The van der Waals surface area contributed by atoms with Crippen molar-refractivity contribution < 1.29 is 13.9 Å². The third kappa shape index (κ3) is 3.23. The highest BCUT2D eigenvalue weighted by Crippen LogP contribution is 2.18. The number of H-pyrrole nitrogens is 1. The van der Waals surface area contributed by atoms with Gasteiger partial charge in [-0.05, 0) is 31.3 Å². The second kappa shape index (κ2) is 6.62. The predicted molar refractivity (Wildman–Crippen MR) is 74.7 cm³/mol. The largest absolute Gasteiger partial charge is 0.483 e. The van der Waals surface area contributed by atoms with Crippen molar-refractivity contribution in [3.05, 3.63) is 40.7 Å². The maximum Gasteiger partial charge on any atom is 0.195 e. The molecular formula is C13H16FN3O2S. The molecule has 1 atom stereocenters. The molecule has 0 aliphatic heterocycles. The molecule has 0 fully saturated rings. The molecule has 5 nitrogen and oxygen atoms in total. The van der Waals surface area contributed by atoms with Crippen LogP contribution in [-0.2, 0) is 11.3 Å². The van der Waals surface area contributed by atoms with Crippen LogP contribution in [0.2, 0.25) is 0 Å². The zero-order valence-corrected chi connectivity index (χ0v) is 12.1. The molecule has 0 amide bonds. The van der Waals surface area contributed by atoms with Crippen molar-refractivity contribution in [1.82, 2.24) is 14.8 Å². The molecule has 0 saturated carbocycles. The Hall–Kier alpha value is -1.73. The van der Waals surface area contributed by atoms with Crippen LogP contribution < -0.4 is 4.74 Å². The van der Waals surface area contributed by atoms with Gasteiger partial charge in [0.1, 0.15) is 6.61 Å². The minimum absolute atomic E-state index is 0.0190. The van der Waals surface area contributed by atoms with E-state index >= 15 is 0 Å². The normalized spacial score (nSPS) is 12.3. The first-order valence-electron chi connectivity index (χ1n) is 6.15. The number of rotatable bonds is 6. The molecule has 0 spiro atoms. The zero-order valence-electron chi connectivity index (χ0n) is 11.3. The monoisotopic (exact) mass is 297 g/mol. The van der Waals surface area contributed by atoms with Crippen LogP contribution >= 0.6 is 12.2 Å². The molecule has 0 aliphatic carbocycles. The molecule has 1 aromatic carbocycles. The highest BCUT2D eigenvalue weighted by atomic mass is 32.1. The summed E-state index contributed by atoms with van der Waals surface area (Å²) >= 11 is 5.18. The van der Waals surface area contributed by atoms with Gasteiger partial charge in [-0.25, -0.2) is 4.39 Å².